The fraction of sp³-hybridized carbons (Fsp3) is 0.533. The normalized spacial score (nSPS) is 27.7. The summed E-state index contributed by atoms with van der Waals surface area (Å²) >= 11 is 0. The highest BCUT2D eigenvalue weighted by Gasteiger charge is 2.43. The second-order valence-corrected chi connectivity index (χ2v) is 6.12. The van der Waals surface area contributed by atoms with Crippen LogP contribution in [-0.4, -0.2) is 51.6 Å². The highest BCUT2D eigenvalue weighted by atomic mass is 15.3. The van der Waals surface area contributed by atoms with Gasteiger partial charge in [-0.15, -0.1) is 0 Å². The lowest BCUT2D eigenvalue weighted by Crippen LogP contribution is -2.67. The van der Waals surface area contributed by atoms with Gasteiger partial charge in [-0.1, -0.05) is 6.07 Å². The molecule has 3 aliphatic heterocycles. The number of rotatable bonds is 2. The topological polar surface area (TPSA) is 24.3 Å². The van der Waals surface area contributed by atoms with E-state index >= 15 is 0 Å². The fourth-order valence-corrected chi connectivity index (χ4v) is 3.65. The molecule has 5 rings (SSSR count). The molecule has 3 aliphatic rings. The Balaban J connectivity index is 1.56. The van der Waals surface area contributed by atoms with Crippen molar-refractivity contribution in [2.45, 2.75) is 25.0 Å². The van der Waals surface area contributed by atoms with Crippen LogP contribution in [0.2, 0.25) is 0 Å². The molecule has 0 N–H and O–H groups in total. The molecule has 4 heterocycles. The lowest BCUT2D eigenvalue weighted by molar-refractivity contribution is -0.0668. The first kappa shape index (κ1) is 11.4. The van der Waals surface area contributed by atoms with Gasteiger partial charge in [-0.25, -0.2) is 4.98 Å². The number of piperazine rings is 1. The molecular weight excluding hydrogens is 236 g/mol. The van der Waals surface area contributed by atoms with Gasteiger partial charge in [0.2, 0.25) is 0 Å². The zero-order chi connectivity index (χ0) is 13.0. The maximum Gasteiger partial charge on any atom is 0.0955 e. The van der Waals surface area contributed by atoms with Gasteiger partial charge in [-0.2, -0.15) is 0 Å². The van der Waals surface area contributed by atoms with Crippen LogP contribution in [0, 0.1) is 0 Å². The van der Waals surface area contributed by atoms with Crippen molar-refractivity contribution in [3.05, 3.63) is 30.1 Å². The van der Waals surface area contributed by atoms with E-state index in [9.17, 15) is 0 Å². The Morgan fingerprint density at radius 3 is 2.79 bits per heavy atom. The van der Waals surface area contributed by atoms with Crippen LogP contribution in [0.3, 0.4) is 0 Å². The zero-order valence-corrected chi connectivity index (χ0v) is 11.6. The van der Waals surface area contributed by atoms with Gasteiger partial charge in [0.1, 0.15) is 0 Å². The smallest absolute Gasteiger partial charge is 0.0955 e. The van der Waals surface area contributed by atoms with Gasteiger partial charge in [0.15, 0.2) is 0 Å². The quantitative estimate of drug-likeness (QED) is 0.813. The van der Waals surface area contributed by atoms with Crippen molar-refractivity contribution in [2.75, 3.05) is 20.1 Å². The van der Waals surface area contributed by atoms with E-state index < -0.39 is 0 Å². The molecular formula is C15H20N4. The van der Waals surface area contributed by atoms with Gasteiger partial charge in [-0.3, -0.25) is 4.90 Å². The molecule has 4 heteroatoms. The number of likely N-dealkylation sites (N-methyl/N-ethyl adjacent to an activating group) is 1. The molecule has 4 nitrogen and oxygen atoms in total. The molecule has 0 radical (unpaired) electrons. The van der Waals surface area contributed by atoms with Crippen LogP contribution in [-0.2, 0) is 13.6 Å². The third kappa shape index (κ3) is 1.78. The van der Waals surface area contributed by atoms with Crippen LogP contribution in [0.25, 0.3) is 11.0 Å². The van der Waals surface area contributed by atoms with E-state index in [0.29, 0.717) is 0 Å². The van der Waals surface area contributed by atoms with E-state index in [1.54, 1.807) is 0 Å². The van der Waals surface area contributed by atoms with E-state index in [1.165, 1.54) is 30.6 Å². The summed E-state index contributed by atoms with van der Waals surface area (Å²) < 4.78 is 2.08. The number of benzene rings is 1. The standard InChI is InChI=1S/C15H20N4/c1-17-8-12-6-13(9-17)19(12)7-11-3-4-15-14(5-11)16-10-18(15)2/h3-5,10,12-13H,6-9H2,1-2H3. The van der Waals surface area contributed by atoms with E-state index in [0.717, 1.165) is 24.1 Å². The van der Waals surface area contributed by atoms with E-state index in [-0.39, 0.29) is 0 Å². The highest BCUT2D eigenvalue weighted by molar-refractivity contribution is 5.75. The monoisotopic (exact) mass is 256 g/mol. The van der Waals surface area contributed by atoms with E-state index in [1.807, 2.05) is 13.4 Å². The minimum absolute atomic E-state index is 0.767. The number of piperidine rings is 1. The molecule has 2 aromatic rings. The predicted molar refractivity (Wildman–Crippen MR) is 75.9 cm³/mol. The van der Waals surface area contributed by atoms with Crippen molar-refractivity contribution in [3.8, 4) is 0 Å². The van der Waals surface area contributed by atoms with Gasteiger partial charge in [0.05, 0.1) is 17.4 Å². The number of nitrogens with zero attached hydrogens (tertiary/aromatic N) is 4. The highest BCUT2D eigenvalue weighted by Crippen LogP contribution is 2.33. The van der Waals surface area contributed by atoms with Crippen LogP contribution < -0.4 is 0 Å². The Labute approximate surface area is 113 Å². The minimum atomic E-state index is 0.767. The van der Waals surface area contributed by atoms with Crippen LogP contribution in [0.1, 0.15) is 12.0 Å². The second kappa shape index (κ2) is 4.05. The second-order valence-electron chi connectivity index (χ2n) is 6.12. The molecule has 100 valence electrons. The van der Waals surface area contributed by atoms with Crippen LogP contribution in [0.15, 0.2) is 24.5 Å². The van der Waals surface area contributed by atoms with Crippen molar-refractivity contribution in [1.82, 2.24) is 19.4 Å². The Morgan fingerprint density at radius 1 is 1.21 bits per heavy atom. The number of hydrogen-bond donors (Lipinski definition) is 0. The Bertz CT molecular complexity index is 606. The summed E-state index contributed by atoms with van der Waals surface area (Å²) in [6, 6.07) is 8.22. The largest absolute Gasteiger partial charge is 0.334 e. The van der Waals surface area contributed by atoms with Crippen LogP contribution in [0.4, 0.5) is 0 Å². The van der Waals surface area contributed by atoms with Crippen molar-refractivity contribution < 1.29 is 0 Å². The van der Waals surface area contributed by atoms with Gasteiger partial charge in [0.25, 0.3) is 0 Å². The van der Waals surface area contributed by atoms with Crippen LogP contribution >= 0.6 is 0 Å². The number of fused-ring (bicyclic) bond motifs is 3. The summed E-state index contributed by atoms with van der Waals surface area (Å²) in [4.78, 5) is 9.56. The molecule has 3 saturated heterocycles. The predicted octanol–water partition coefficient (Wildman–Crippen LogP) is 1.46. The molecule has 2 unspecified atom stereocenters. The third-order valence-corrected chi connectivity index (χ3v) is 4.68. The summed E-state index contributed by atoms with van der Waals surface area (Å²) in [6.45, 7) is 3.53. The van der Waals surface area contributed by atoms with Crippen molar-refractivity contribution >= 4 is 11.0 Å². The maximum atomic E-state index is 4.45. The van der Waals surface area contributed by atoms with Gasteiger partial charge in [-0.05, 0) is 31.2 Å². The number of aryl methyl sites for hydroxylation is 1. The lowest BCUT2D eigenvalue weighted by Gasteiger charge is -2.56. The third-order valence-electron chi connectivity index (χ3n) is 4.68. The zero-order valence-electron chi connectivity index (χ0n) is 11.6. The molecule has 0 spiro atoms. The summed E-state index contributed by atoms with van der Waals surface area (Å²) in [5.74, 6) is 0. The molecule has 2 atom stereocenters. The Morgan fingerprint density at radius 2 is 2.00 bits per heavy atom. The SMILES string of the molecule is CN1CC2CC(C1)N2Cc1ccc2c(c1)ncn2C. The number of imidazole rings is 1. The maximum absolute atomic E-state index is 4.45. The molecule has 0 amide bonds. The Hall–Kier alpha value is -1.39. The van der Waals surface area contributed by atoms with Gasteiger partial charge < -0.3 is 9.47 Å². The Kier molecular flexibility index (Phi) is 2.44. The fourth-order valence-electron chi connectivity index (χ4n) is 3.65. The van der Waals surface area contributed by atoms with Crippen molar-refractivity contribution in [2.24, 2.45) is 7.05 Å². The molecule has 3 fully saturated rings. The first-order valence-electron chi connectivity index (χ1n) is 7.05. The van der Waals surface area contributed by atoms with Crippen LogP contribution in [0.5, 0.6) is 0 Å². The number of hydrogen-bond acceptors (Lipinski definition) is 3. The molecule has 19 heavy (non-hydrogen) atoms. The summed E-state index contributed by atoms with van der Waals surface area (Å²) in [5, 5.41) is 0. The molecule has 1 aromatic carbocycles. The minimum Gasteiger partial charge on any atom is -0.334 e. The van der Waals surface area contributed by atoms with Crippen molar-refractivity contribution in [1.29, 1.82) is 0 Å². The average Bonchev–Trinajstić information content (AvgIpc) is 2.77. The number of aromatic nitrogens is 2. The van der Waals surface area contributed by atoms with E-state index in [4.69, 9.17) is 0 Å². The molecule has 2 bridgehead atoms. The molecule has 1 aromatic heterocycles. The first-order chi connectivity index (χ1) is 9.20. The van der Waals surface area contributed by atoms with Gasteiger partial charge in [0, 0.05) is 38.8 Å². The lowest BCUT2D eigenvalue weighted by atomic mass is 9.87. The van der Waals surface area contributed by atoms with E-state index in [2.05, 4.69) is 44.6 Å². The van der Waals surface area contributed by atoms with Crippen molar-refractivity contribution in [3.63, 3.8) is 0 Å². The molecule has 0 aliphatic carbocycles. The summed E-state index contributed by atoms with van der Waals surface area (Å²) in [5.41, 5.74) is 3.72. The van der Waals surface area contributed by atoms with Gasteiger partial charge >= 0.3 is 0 Å². The first-order valence-corrected chi connectivity index (χ1v) is 7.05. The molecule has 0 saturated carbocycles. The summed E-state index contributed by atoms with van der Waals surface area (Å²) in [6.07, 6.45) is 3.28. The summed E-state index contributed by atoms with van der Waals surface area (Å²) in [7, 11) is 4.28. The average molecular weight is 256 g/mol.